The number of alkyl halides is 3. The van der Waals surface area contributed by atoms with Crippen molar-refractivity contribution in [3.63, 3.8) is 0 Å². The molecule has 1 aliphatic rings. The van der Waals surface area contributed by atoms with Gasteiger partial charge >= 0.3 is 6.18 Å². The molecule has 0 spiro atoms. The third-order valence-corrected chi connectivity index (χ3v) is 3.49. The second-order valence-corrected chi connectivity index (χ2v) is 5.03. The first kappa shape index (κ1) is 13.8. The molecular formula is C11H20F3NO. The van der Waals surface area contributed by atoms with Crippen molar-refractivity contribution in [2.45, 2.75) is 63.3 Å². The van der Waals surface area contributed by atoms with Gasteiger partial charge in [0.15, 0.2) is 5.60 Å². The van der Waals surface area contributed by atoms with Crippen LogP contribution in [0.4, 0.5) is 13.2 Å². The molecule has 1 saturated carbocycles. The smallest absolute Gasteiger partial charge is 0.380 e. The predicted molar refractivity (Wildman–Crippen MR) is 55.8 cm³/mol. The summed E-state index contributed by atoms with van der Waals surface area (Å²) < 4.78 is 37.5. The lowest BCUT2D eigenvalue weighted by Gasteiger charge is -2.37. The normalized spacial score (nSPS) is 33.8. The molecule has 0 bridgehead atoms. The fraction of sp³-hybridized carbons (Fsp3) is 1.00. The molecule has 0 amide bonds. The van der Waals surface area contributed by atoms with Crippen LogP contribution in [0, 0.1) is 5.92 Å². The van der Waals surface area contributed by atoms with E-state index < -0.39 is 11.8 Å². The van der Waals surface area contributed by atoms with Crippen molar-refractivity contribution in [3.8, 4) is 0 Å². The highest BCUT2D eigenvalue weighted by atomic mass is 19.4. The summed E-state index contributed by atoms with van der Waals surface area (Å²) >= 11 is 0. The zero-order valence-electron chi connectivity index (χ0n) is 9.56. The Morgan fingerprint density at radius 2 is 1.88 bits per heavy atom. The van der Waals surface area contributed by atoms with Crippen LogP contribution >= 0.6 is 0 Å². The van der Waals surface area contributed by atoms with E-state index in [0.717, 1.165) is 12.8 Å². The van der Waals surface area contributed by atoms with Crippen LogP contribution in [0.2, 0.25) is 0 Å². The second-order valence-electron chi connectivity index (χ2n) is 5.03. The second kappa shape index (κ2) is 4.92. The lowest BCUT2D eigenvalue weighted by molar-refractivity contribution is -0.272. The molecule has 5 heteroatoms. The Hall–Kier alpha value is -0.290. The Kier molecular flexibility index (Phi) is 4.23. The van der Waals surface area contributed by atoms with Gasteiger partial charge in [0, 0.05) is 6.04 Å². The number of rotatable bonds is 3. The summed E-state index contributed by atoms with van der Waals surface area (Å²) in [4.78, 5) is 0. The third-order valence-electron chi connectivity index (χ3n) is 3.49. The maximum atomic E-state index is 12.5. The highest BCUT2D eigenvalue weighted by Crippen LogP contribution is 2.43. The van der Waals surface area contributed by atoms with E-state index >= 15 is 0 Å². The molecule has 0 aromatic carbocycles. The molecule has 0 aliphatic heterocycles. The summed E-state index contributed by atoms with van der Waals surface area (Å²) in [6.07, 6.45) is -2.22. The molecule has 96 valence electrons. The van der Waals surface area contributed by atoms with Crippen LogP contribution in [0.1, 0.15) is 45.4 Å². The summed E-state index contributed by atoms with van der Waals surface area (Å²) in [5.41, 5.74) is 3.16. The van der Waals surface area contributed by atoms with Gasteiger partial charge < -0.3 is 10.8 Å². The molecular weight excluding hydrogens is 219 g/mol. The van der Waals surface area contributed by atoms with Gasteiger partial charge in [0.25, 0.3) is 0 Å². The Morgan fingerprint density at radius 3 is 2.25 bits per heavy atom. The lowest BCUT2D eigenvalue weighted by Crippen LogP contribution is -2.47. The van der Waals surface area contributed by atoms with Crippen LogP contribution in [-0.4, -0.2) is 22.9 Å². The van der Waals surface area contributed by atoms with E-state index in [1.165, 1.54) is 0 Å². The summed E-state index contributed by atoms with van der Waals surface area (Å²) in [6, 6.07) is 0.100. The van der Waals surface area contributed by atoms with Crippen molar-refractivity contribution in [3.05, 3.63) is 0 Å². The Balaban J connectivity index is 2.39. The van der Waals surface area contributed by atoms with Gasteiger partial charge in [-0.25, -0.2) is 0 Å². The van der Waals surface area contributed by atoms with E-state index in [9.17, 15) is 18.3 Å². The highest BCUT2D eigenvalue weighted by Gasteiger charge is 2.54. The maximum Gasteiger partial charge on any atom is 0.417 e. The maximum absolute atomic E-state index is 12.5. The summed E-state index contributed by atoms with van der Waals surface area (Å²) in [5, 5.41) is 9.45. The molecule has 1 unspecified atom stereocenters. The van der Waals surface area contributed by atoms with Crippen LogP contribution in [0.15, 0.2) is 0 Å². The SMILES string of the molecule is CC(N)CCC1CCC(O)(C(F)(F)F)CC1. The van der Waals surface area contributed by atoms with Gasteiger partial charge in [0.2, 0.25) is 0 Å². The van der Waals surface area contributed by atoms with Crippen LogP contribution < -0.4 is 5.73 Å². The summed E-state index contributed by atoms with van der Waals surface area (Å²) in [7, 11) is 0. The fourth-order valence-corrected chi connectivity index (χ4v) is 2.23. The van der Waals surface area contributed by atoms with Crippen molar-refractivity contribution in [2.75, 3.05) is 0 Å². The van der Waals surface area contributed by atoms with E-state index in [2.05, 4.69) is 0 Å². The van der Waals surface area contributed by atoms with Crippen molar-refractivity contribution in [1.82, 2.24) is 0 Å². The van der Waals surface area contributed by atoms with E-state index in [4.69, 9.17) is 5.73 Å². The average molecular weight is 239 g/mol. The number of aliphatic hydroxyl groups is 1. The predicted octanol–water partition coefficient (Wildman–Crippen LogP) is 2.60. The van der Waals surface area contributed by atoms with Crippen molar-refractivity contribution < 1.29 is 18.3 Å². The molecule has 0 saturated heterocycles. The first-order valence-corrected chi connectivity index (χ1v) is 5.79. The van der Waals surface area contributed by atoms with Crippen LogP contribution in [0.5, 0.6) is 0 Å². The first-order valence-electron chi connectivity index (χ1n) is 5.79. The van der Waals surface area contributed by atoms with Gasteiger partial charge in [-0.15, -0.1) is 0 Å². The summed E-state index contributed by atoms with van der Waals surface area (Å²) in [5.74, 6) is 0.286. The van der Waals surface area contributed by atoms with E-state index in [0.29, 0.717) is 12.8 Å². The monoisotopic (exact) mass is 239 g/mol. The van der Waals surface area contributed by atoms with Crippen LogP contribution in [0.3, 0.4) is 0 Å². The molecule has 2 nitrogen and oxygen atoms in total. The van der Waals surface area contributed by atoms with Crippen molar-refractivity contribution >= 4 is 0 Å². The lowest BCUT2D eigenvalue weighted by atomic mass is 9.76. The van der Waals surface area contributed by atoms with E-state index in [1.807, 2.05) is 6.92 Å². The Bertz CT molecular complexity index is 220. The van der Waals surface area contributed by atoms with Gasteiger partial charge in [-0.05, 0) is 51.4 Å². The van der Waals surface area contributed by atoms with E-state index in [1.54, 1.807) is 0 Å². The molecule has 16 heavy (non-hydrogen) atoms. The summed E-state index contributed by atoms with van der Waals surface area (Å²) in [6.45, 7) is 1.90. The minimum absolute atomic E-state index is 0.100. The average Bonchev–Trinajstić information content (AvgIpc) is 2.15. The zero-order valence-corrected chi connectivity index (χ0v) is 9.56. The molecule has 1 rings (SSSR count). The topological polar surface area (TPSA) is 46.2 Å². The minimum atomic E-state index is -4.49. The first-order chi connectivity index (χ1) is 7.24. The minimum Gasteiger partial charge on any atom is -0.380 e. The Morgan fingerprint density at radius 1 is 1.38 bits per heavy atom. The number of nitrogens with two attached hydrogens (primary N) is 1. The van der Waals surface area contributed by atoms with Gasteiger partial charge in [-0.1, -0.05) is 0 Å². The van der Waals surface area contributed by atoms with E-state index in [-0.39, 0.29) is 24.8 Å². The van der Waals surface area contributed by atoms with Crippen LogP contribution in [-0.2, 0) is 0 Å². The molecule has 1 aliphatic carbocycles. The van der Waals surface area contributed by atoms with Gasteiger partial charge in [-0.3, -0.25) is 0 Å². The third kappa shape index (κ3) is 3.35. The largest absolute Gasteiger partial charge is 0.417 e. The molecule has 1 atom stereocenters. The van der Waals surface area contributed by atoms with Crippen LogP contribution in [0.25, 0.3) is 0 Å². The highest BCUT2D eigenvalue weighted by molar-refractivity contribution is 4.91. The Labute approximate surface area is 94.0 Å². The van der Waals surface area contributed by atoms with Gasteiger partial charge in [0.05, 0.1) is 0 Å². The standard InChI is InChI=1S/C11H20F3NO/c1-8(15)2-3-9-4-6-10(16,7-5-9)11(12,13)14/h8-9,16H,2-7,15H2,1H3. The molecule has 0 radical (unpaired) electrons. The number of halogens is 3. The molecule has 0 aromatic heterocycles. The quantitative estimate of drug-likeness (QED) is 0.795. The molecule has 3 N–H and O–H groups in total. The fourth-order valence-electron chi connectivity index (χ4n) is 2.23. The van der Waals surface area contributed by atoms with Crippen molar-refractivity contribution in [2.24, 2.45) is 11.7 Å². The number of hydrogen-bond acceptors (Lipinski definition) is 2. The zero-order chi connectivity index (χ0) is 12.4. The van der Waals surface area contributed by atoms with Crippen molar-refractivity contribution in [1.29, 1.82) is 0 Å². The molecule has 1 fully saturated rings. The number of hydrogen-bond donors (Lipinski definition) is 2. The van der Waals surface area contributed by atoms with Gasteiger partial charge in [-0.2, -0.15) is 13.2 Å². The van der Waals surface area contributed by atoms with Gasteiger partial charge in [0.1, 0.15) is 0 Å². The molecule has 0 aromatic rings. The molecule has 0 heterocycles.